The smallest absolute Gasteiger partial charge is 0.262 e. The van der Waals surface area contributed by atoms with E-state index in [0.717, 1.165) is 44.8 Å². The quantitative estimate of drug-likeness (QED) is 0.266. The second-order valence-corrected chi connectivity index (χ2v) is 9.37. The summed E-state index contributed by atoms with van der Waals surface area (Å²) in [6.45, 7) is 7.74. The van der Waals surface area contributed by atoms with Gasteiger partial charge in [0.25, 0.3) is 11.8 Å². The lowest BCUT2D eigenvalue weighted by atomic mass is 10.00. The Labute approximate surface area is 223 Å². The van der Waals surface area contributed by atoms with Crippen molar-refractivity contribution in [3.05, 3.63) is 107 Å². The third-order valence-electron chi connectivity index (χ3n) is 6.05. The first-order valence-electron chi connectivity index (χ1n) is 12.5. The van der Waals surface area contributed by atoms with Gasteiger partial charge in [0.2, 0.25) is 0 Å². The molecule has 0 spiro atoms. The van der Waals surface area contributed by atoms with Gasteiger partial charge in [-0.05, 0) is 110 Å². The minimum Gasteiger partial charge on any atom is -0.484 e. The van der Waals surface area contributed by atoms with Crippen molar-refractivity contribution < 1.29 is 19.1 Å². The van der Waals surface area contributed by atoms with Gasteiger partial charge in [-0.1, -0.05) is 36.4 Å². The molecule has 4 aromatic rings. The number of amides is 2. The largest absolute Gasteiger partial charge is 0.484 e. The molecule has 0 fully saturated rings. The number of carbonyl (C=O) groups is 2. The maximum absolute atomic E-state index is 12.4. The van der Waals surface area contributed by atoms with Crippen LogP contribution in [0.5, 0.6) is 11.5 Å². The fraction of sp³-hybridized carbons (Fsp3) is 0.188. The highest BCUT2D eigenvalue weighted by Gasteiger charge is 2.10. The second-order valence-electron chi connectivity index (χ2n) is 9.37. The molecule has 0 radical (unpaired) electrons. The number of hydrogen-bond donors (Lipinski definition) is 2. The molecule has 2 N–H and O–H groups in total. The number of anilines is 2. The van der Waals surface area contributed by atoms with Crippen LogP contribution in [-0.4, -0.2) is 25.0 Å². The first-order chi connectivity index (χ1) is 18.3. The van der Waals surface area contributed by atoms with Crippen LogP contribution in [0, 0.1) is 27.7 Å². The fourth-order valence-corrected chi connectivity index (χ4v) is 4.05. The molecule has 2 amide bonds. The van der Waals surface area contributed by atoms with Gasteiger partial charge < -0.3 is 20.1 Å². The molecule has 0 aliphatic rings. The van der Waals surface area contributed by atoms with E-state index in [4.69, 9.17) is 9.47 Å². The van der Waals surface area contributed by atoms with Crippen molar-refractivity contribution >= 4 is 23.2 Å². The van der Waals surface area contributed by atoms with Crippen LogP contribution in [0.25, 0.3) is 11.1 Å². The summed E-state index contributed by atoms with van der Waals surface area (Å²) in [5.41, 5.74) is 7.53. The van der Waals surface area contributed by atoms with Gasteiger partial charge in [-0.25, -0.2) is 0 Å². The molecule has 194 valence electrons. The summed E-state index contributed by atoms with van der Waals surface area (Å²) in [6, 6.07) is 27.0. The van der Waals surface area contributed by atoms with Gasteiger partial charge in [0, 0.05) is 11.4 Å². The van der Waals surface area contributed by atoms with Gasteiger partial charge in [0.05, 0.1) is 0 Å². The third-order valence-corrected chi connectivity index (χ3v) is 6.05. The highest BCUT2D eigenvalue weighted by atomic mass is 16.5. The first-order valence-corrected chi connectivity index (χ1v) is 12.5. The zero-order chi connectivity index (χ0) is 27.1. The monoisotopic (exact) mass is 508 g/mol. The number of hydrogen-bond acceptors (Lipinski definition) is 4. The Morgan fingerprint density at radius 1 is 0.579 bits per heavy atom. The zero-order valence-electron chi connectivity index (χ0n) is 22.1. The van der Waals surface area contributed by atoms with Crippen molar-refractivity contribution in [1.29, 1.82) is 0 Å². The van der Waals surface area contributed by atoms with Gasteiger partial charge in [0.1, 0.15) is 11.5 Å². The maximum Gasteiger partial charge on any atom is 0.262 e. The summed E-state index contributed by atoms with van der Waals surface area (Å²) in [5, 5.41) is 5.84. The van der Waals surface area contributed by atoms with E-state index in [1.807, 2.05) is 113 Å². The predicted molar refractivity (Wildman–Crippen MR) is 152 cm³/mol. The molecule has 38 heavy (non-hydrogen) atoms. The van der Waals surface area contributed by atoms with E-state index in [1.165, 1.54) is 0 Å². The maximum atomic E-state index is 12.4. The van der Waals surface area contributed by atoms with Gasteiger partial charge in [-0.15, -0.1) is 0 Å². The molecule has 6 nitrogen and oxygen atoms in total. The average Bonchev–Trinajstić information content (AvgIpc) is 2.89. The molecular weight excluding hydrogens is 476 g/mol. The topological polar surface area (TPSA) is 76.7 Å². The van der Waals surface area contributed by atoms with Crippen molar-refractivity contribution in [3.8, 4) is 22.6 Å². The number of carbonyl (C=O) groups excluding carboxylic acids is 2. The van der Waals surface area contributed by atoms with E-state index in [9.17, 15) is 9.59 Å². The Morgan fingerprint density at radius 2 is 1.00 bits per heavy atom. The second kappa shape index (κ2) is 12.1. The van der Waals surface area contributed by atoms with Gasteiger partial charge in [-0.3, -0.25) is 9.59 Å². The van der Waals surface area contributed by atoms with Crippen LogP contribution in [0.1, 0.15) is 22.3 Å². The number of rotatable bonds is 9. The summed E-state index contributed by atoms with van der Waals surface area (Å²) in [6.07, 6.45) is 0. The van der Waals surface area contributed by atoms with E-state index in [-0.39, 0.29) is 25.0 Å². The molecule has 0 atom stereocenters. The molecular formula is C32H32N2O4. The summed E-state index contributed by atoms with van der Waals surface area (Å²) in [7, 11) is 0. The van der Waals surface area contributed by atoms with E-state index in [1.54, 1.807) is 0 Å². The Hall–Kier alpha value is -4.58. The van der Waals surface area contributed by atoms with Crippen molar-refractivity contribution in [3.63, 3.8) is 0 Å². The first kappa shape index (κ1) is 26.5. The molecule has 0 bridgehead atoms. The highest BCUT2D eigenvalue weighted by Crippen LogP contribution is 2.28. The molecule has 4 aromatic carbocycles. The molecule has 4 rings (SSSR count). The number of benzene rings is 4. The minimum absolute atomic E-state index is 0.0624. The van der Waals surface area contributed by atoms with Crippen molar-refractivity contribution in [2.45, 2.75) is 27.7 Å². The fourth-order valence-electron chi connectivity index (χ4n) is 4.05. The Morgan fingerprint density at radius 3 is 1.37 bits per heavy atom. The molecule has 0 aromatic heterocycles. The highest BCUT2D eigenvalue weighted by molar-refractivity contribution is 5.94. The number of aryl methyl sites for hydroxylation is 4. The molecule has 6 heteroatoms. The Kier molecular flexibility index (Phi) is 8.44. The lowest BCUT2D eigenvalue weighted by molar-refractivity contribution is -0.118. The van der Waals surface area contributed by atoms with E-state index >= 15 is 0 Å². The van der Waals surface area contributed by atoms with Crippen molar-refractivity contribution in [2.75, 3.05) is 23.8 Å². The lowest BCUT2D eigenvalue weighted by Gasteiger charge is -2.13. The molecule has 0 heterocycles. The van der Waals surface area contributed by atoms with Crippen LogP contribution in [-0.2, 0) is 9.59 Å². The van der Waals surface area contributed by atoms with Crippen LogP contribution in [0.2, 0.25) is 0 Å². The third kappa shape index (κ3) is 7.23. The van der Waals surface area contributed by atoms with Crippen molar-refractivity contribution in [1.82, 2.24) is 0 Å². The van der Waals surface area contributed by atoms with Crippen LogP contribution in [0.15, 0.2) is 84.9 Å². The standard InChI is InChI=1S/C32H32N2O4/c1-21-7-5-9-27(15-21)37-19-31(35)33-29-13-11-25(17-23(29)3)26-12-14-30(24(4)18-26)34-32(36)20-38-28-10-6-8-22(2)16-28/h5-18H,19-20H2,1-4H3,(H,33,35)(H,34,36). The molecule has 0 unspecified atom stereocenters. The van der Waals surface area contributed by atoms with Gasteiger partial charge in [-0.2, -0.15) is 0 Å². The molecule has 0 saturated heterocycles. The molecule has 0 aliphatic heterocycles. The van der Waals surface area contributed by atoms with Crippen LogP contribution in [0.3, 0.4) is 0 Å². The van der Waals surface area contributed by atoms with Gasteiger partial charge in [0.15, 0.2) is 13.2 Å². The van der Waals surface area contributed by atoms with E-state index in [0.29, 0.717) is 11.5 Å². The van der Waals surface area contributed by atoms with E-state index in [2.05, 4.69) is 10.6 Å². The Balaban J connectivity index is 1.34. The summed E-state index contributed by atoms with van der Waals surface area (Å²) in [4.78, 5) is 24.8. The Bertz CT molecular complexity index is 1350. The van der Waals surface area contributed by atoms with Crippen LogP contribution in [0.4, 0.5) is 11.4 Å². The summed E-state index contributed by atoms with van der Waals surface area (Å²) < 4.78 is 11.2. The number of ether oxygens (including phenoxy) is 2. The number of nitrogens with one attached hydrogen (secondary N) is 2. The van der Waals surface area contributed by atoms with Crippen molar-refractivity contribution in [2.24, 2.45) is 0 Å². The van der Waals surface area contributed by atoms with Gasteiger partial charge >= 0.3 is 0 Å². The molecule has 0 saturated carbocycles. The average molecular weight is 509 g/mol. The SMILES string of the molecule is Cc1cccc(OCC(=O)Nc2ccc(-c3ccc(NC(=O)COc4cccc(C)c4)c(C)c3)cc2C)c1. The predicted octanol–water partition coefficient (Wildman–Crippen LogP) is 6.62. The normalized spacial score (nSPS) is 10.5. The zero-order valence-corrected chi connectivity index (χ0v) is 22.1. The van der Waals surface area contributed by atoms with E-state index < -0.39 is 0 Å². The lowest BCUT2D eigenvalue weighted by Crippen LogP contribution is -2.20. The van der Waals surface area contributed by atoms with Crippen LogP contribution >= 0.6 is 0 Å². The van der Waals surface area contributed by atoms with Crippen LogP contribution < -0.4 is 20.1 Å². The summed E-state index contributed by atoms with van der Waals surface area (Å²) >= 11 is 0. The minimum atomic E-state index is -0.218. The summed E-state index contributed by atoms with van der Waals surface area (Å²) in [5.74, 6) is 0.899. The molecule has 0 aliphatic carbocycles.